The first kappa shape index (κ1) is 11.8. The van der Waals surface area contributed by atoms with Gasteiger partial charge < -0.3 is 10.4 Å². The lowest BCUT2D eigenvalue weighted by molar-refractivity contribution is 0.0697. The van der Waals surface area contributed by atoms with E-state index in [-0.39, 0.29) is 11.4 Å². The summed E-state index contributed by atoms with van der Waals surface area (Å²) < 4.78 is 12.9. The predicted molar refractivity (Wildman–Crippen MR) is 61.6 cm³/mol. The standard InChI is InChI=1S/C12H15FN2O2/c13-9-6-10(12(16)17)11(15-7-9)14-5-1-2-8-3-4-8/h6-8H,1-5H2,(H,14,15)(H,16,17). The van der Waals surface area contributed by atoms with Crippen molar-refractivity contribution < 1.29 is 14.3 Å². The monoisotopic (exact) mass is 238 g/mol. The fraction of sp³-hybridized carbons (Fsp3) is 0.500. The lowest BCUT2D eigenvalue weighted by atomic mass is 10.2. The second-order valence-corrected chi connectivity index (χ2v) is 4.37. The van der Waals surface area contributed by atoms with Crippen molar-refractivity contribution in [3.63, 3.8) is 0 Å². The van der Waals surface area contributed by atoms with E-state index in [4.69, 9.17) is 5.11 Å². The molecule has 1 fully saturated rings. The molecule has 1 aliphatic rings. The first-order chi connectivity index (χ1) is 8.16. The molecule has 0 bridgehead atoms. The molecule has 2 N–H and O–H groups in total. The summed E-state index contributed by atoms with van der Waals surface area (Å²) in [6.45, 7) is 0.676. The number of hydrogen-bond donors (Lipinski definition) is 2. The van der Waals surface area contributed by atoms with E-state index in [0.29, 0.717) is 6.54 Å². The molecule has 0 radical (unpaired) electrons. The maximum atomic E-state index is 12.9. The molecule has 2 rings (SSSR count). The topological polar surface area (TPSA) is 62.2 Å². The molecule has 92 valence electrons. The Morgan fingerprint density at radius 2 is 2.35 bits per heavy atom. The summed E-state index contributed by atoms with van der Waals surface area (Å²) in [5, 5.41) is 11.8. The van der Waals surface area contributed by atoms with Crippen molar-refractivity contribution in [2.75, 3.05) is 11.9 Å². The molecule has 4 nitrogen and oxygen atoms in total. The molecule has 0 aromatic carbocycles. The molecule has 1 heterocycles. The third-order valence-corrected chi connectivity index (χ3v) is 2.86. The van der Waals surface area contributed by atoms with E-state index in [1.54, 1.807) is 0 Å². The molecule has 1 aromatic heterocycles. The molecule has 1 saturated carbocycles. The molecule has 0 aliphatic heterocycles. The molecule has 0 saturated heterocycles. The van der Waals surface area contributed by atoms with E-state index in [1.807, 2.05) is 0 Å². The van der Waals surface area contributed by atoms with E-state index < -0.39 is 11.8 Å². The van der Waals surface area contributed by atoms with Crippen molar-refractivity contribution in [2.45, 2.75) is 25.7 Å². The third-order valence-electron chi connectivity index (χ3n) is 2.86. The van der Waals surface area contributed by atoms with Gasteiger partial charge in [0.25, 0.3) is 0 Å². The van der Waals surface area contributed by atoms with Crippen LogP contribution in [-0.4, -0.2) is 22.6 Å². The molecule has 1 aliphatic carbocycles. The Morgan fingerprint density at radius 3 is 3.00 bits per heavy atom. The number of carboxylic acid groups (broad SMARTS) is 1. The number of carbonyl (C=O) groups is 1. The molecule has 0 amide bonds. The number of aromatic nitrogens is 1. The van der Waals surface area contributed by atoms with Crippen molar-refractivity contribution >= 4 is 11.8 Å². The minimum Gasteiger partial charge on any atom is -0.478 e. The van der Waals surface area contributed by atoms with Crippen LogP contribution in [0.4, 0.5) is 10.2 Å². The van der Waals surface area contributed by atoms with Crippen molar-refractivity contribution in [3.8, 4) is 0 Å². The first-order valence-electron chi connectivity index (χ1n) is 5.79. The largest absolute Gasteiger partial charge is 0.478 e. The highest BCUT2D eigenvalue weighted by molar-refractivity contribution is 5.93. The Balaban J connectivity index is 1.91. The summed E-state index contributed by atoms with van der Waals surface area (Å²) in [5.74, 6) is -0.695. The van der Waals surface area contributed by atoms with Gasteiger partial charge in [0.2, 0.25) is 0 Å². The SMILES string of the molecule is O=C(O)c1cc(F)cnc1NCCCC1CC1. The van der Waals surface area contributed by atoms with Gasteiger partial charge in [-0.15, -0.1) is 0 Å². The van der Waals surface area contributed by atoms with Crippen LogP contribution in [0.5, 0.6) is 0 Å². The van der Waals surface area contributed by atoms with Crippen molar-refractivity contribution in [2.24, 2.45) is 5.92 Å². The zero-order valence-electron chi connectivity index (χ0n) is 9.45. The molecular weight excluding hydrogens is 223 g/mol. The van der Waals surface area contributed by atoms with E-state index in [9.17, 15) is 9.18 Å². The number of rotatable bonds is 6. The Hall–Kier alpha value is -1.65. The average molecular weight is 238 g/mol. The van der Waals surface area contributed by atoms with E-state index in [2.05, 4.69) is 10.3 Å². The number of pyridine rings is 1. The fourth-order valence-electron chi connectivity index (χ4n) is 1.75. The summed E-state index contributed by atoms with van der Waals surface area (Å²) in [5.41, 5.74) is -0.114. The molecule has 17 heavy (non-hydrogen) atoms. The van der Waals surface area contributed by atoms with Crippen LogP contribution in [-0.2, 0) is 0 Å². The van der Waals surface area contributed by atoms with Gasteiger partial charge in [0, 0.05) is 6.54 Å². The first-order valence-corrected chi connectivity index (χ1v) is 5.79. The van der Waals surface area contributed by atoms with E-state index >= 15 is 0 Å². The average Bonchev–Trinajstić information content (AvgIpc) is 3.09. The van der Waals surface area contributed by atoms with Crippen LogP contribution < -0.4 is 5.32 Å². The maximum Gasteiger partial charge on any atom is 0.339 e. The summed E-state index contributed by atoms with van der Waals surface area (Å²) in [7, 11) is 0. The second-order valence-electron chi connectivity index (χ2n) is 4.37. The van der Waals surface area contributed by atoms with Crippen LogP contribution in [0, 0.1) is 11.7 Å². The number of anilines is 1. The number of aromatic carboxylic acids is 1. The van der Waals surface area contributed by atoms with Gasteiger partial charge in [-0.1, -0.05) is 12.8 Å². The molecular formula is C12H15FN2O2. The van der Waals surface area contributed by atoms with Gasteiger partial charge in [0.1, 0.15) is 17.2 Å². The third kappa shape index (κ3) is 3.41. The lowest BCUT2D eigenvalue weighted by Gasteiger charge is -2.08. The van der Waals surface area contributed by atoms with Crippen molar-refractivity contribution in [3.05, 3.63) is 23.6 Å². The number of nitrogens with one attached hydrogen (secondary N) is 1. The van der Waals surface area contributed by atoms with Crippen LogP contribution >= 0.6 is 0 Å². The number of nitrogens with zero attached hydrogens (tertiary/aromatic N) is 1. The van der Waals surface area contributed by atoms with Crippen molar-refractivity contribution in [1.82, 2.24) is 4.98 Å². The summed E-state index contributed by atoms with van der Waals surface area (Å²) in [6.07, 6.45) is 5.80. The summed E-state index contributed by atoms with van der Waals surface area (Å²) in [4.78, 5) is 14.6. The summed E-state index contributed by atoms with van der Waals surface area (Å²) in [6, 6.07) is 0.985. The Labute approximate surface area is 98.9 Å². The number of halogens is 1. The Kier molecular flexibility index (Phi) is 3.56. The quantitative estimate of drug-likeness (QED) is 0.747. The van der Waals surface area contributed by atoms with Gasteiger partial charge in [0.15, 0.2) is 0 Å². The maximum absolute atomic E-state index is 12.9. The minimum absolute atomic E-state index is 0.114. The van der Waals surface area contributed by atoms with Gasteiger partial charge in [-0.3, -0.25) is 0 Å². The van der Waals surface area contributed by atoms with Crippen LogP contribution in [0.3, 0.4) is 0 Å². The van der Waals surface area contributed by atoms with Gasteiger partial charge in [-0.2, -0.15) is 0 Å². The normalized spacial score (nSPS) is 14.6. The van der Waals surface area contributed by atoms with Crippen LogP contribution in [0.25, 0.3) is 0 Å². The molecule has 0 atom stereocenters. The smallest absolute Gasteiger partial charge is 0.339 e. The molecule has 5 heteroatoms. The fourth-order valence-corrected chi connectivity index (χ4v) is 1.75. The highest BCUT2D eigenvalue weighted by Crippen LogP contribution is 2.33. The highest BCUT2D eigenvalue weighted by atomic mass is 19.1. The van der Waals surface area contributed by atoms with Crippen molar-refractivity contribution in [1.29, 1.82) is 0 Å². The predicted octanol–water partition coefficient (Wildman–Crippen LogP) is 2.52. The van der Waals surface area contributed by atoms with Crippen LogP contribution in [0.15, 0.2) is 12.3 Å². The Morgan fingerprint density at radius 1 is 1.59 bits per heavy atom. The van der Waals surface area contributed by atoms with E-state index in [0.717, 1.165) is 31.0 Å². The number of carboxylic acids is 1. The molecule has 1 aromatic rings. The molecule has 0 spiro atoms. The van der Waals surface area contributed by atoms with Crippen LogP contribution in [0.1, 0.15) is 36.0 Å². The van der Waals surface area contributed by atoms with Gasteiger partial charge in [-0.05, 0) is 24.8 Å². The van der Waals surface area contributed by atoms with Crippen LogP contribution in [0.2, 0.25) is 0 Å². The Bertz CT molecular complexity index is 419. The van der Waals surface area contributed by atoms with Gasteiger partial charge >= 0.3 is 5.97 Å². The van der Waals surface area contributed by atoms with E-state index in [1.165, 1.54) is 12.8 Å². The summed E-state index contributed by atoms with van der Waals surface area (Å²) >= 11 is 0. The van der Waals surface area contributed by atoms with Gasteiger partial charge in [-0.25, -0.2) is 14.2 Å². The second kappa shape index (κ2) is 5.12. The van der Waals surface area contributed by atoms with Gasteiger partial charge in [0.05, 0.1) is 6.20 Å². The minimum atomic E-state index is -1.17. The highest BCUT2D eigenvalue weighted by Gasteiger charge is 2.20. The zero-order valence-corrected chi connectivity index (χ0v) is 9.45. The lowest BCUT2D eigenvalue weighted by Crippen LogP contribution is -2.10. The number of hydrogen-bond acceptors (Lipinski definition) is 3. The zero-order chi connectivity index (χ0) is 12.3. The molecule has 0 unspecified atom stereocenters.